The molecule has 2 rings (SSSR count). The monoisotopic (exact) mass is 562 g/mol. The number of nitrogens with one attached hydrogen (secondary N) is 2. The zero-order valence-electron chi connectivity index (χ0n) is 21.5. The van der Waals surface area contributed by atoms with E-state index in [2.05, 4.69) is 5.32 Å². The molecule has 40 heavy (non-hydrogen) atoms. The summed E-state index contributed by atoms with van der Waals surface area (Å²) in [5, 5.41) is 22.6. The van der Waals surface area contributed by atoms with Crippen LogP contribution in [-0.4, -0.2) is 72.8 Å². The number of rotatable bonds is 18. The molecule has 2 amide bonds. The van der Waals surface area contributed by atoms with Crippen LogP contribution in [0, 0.1) is 0 Å². The Bertz CT molecular complexity index is 1130. The molecule has 0 aromatic heterocycles. The van der Waals surface area contributed by atoms with E-state index in [-0.39, 0.29) is 38.4 Å². The SMILES string of the molecule is O=CO[C@H](CCCCNC(=O)c1ccc(-c2ccc(OCCF)cc2)cc1)OC(=O)N[C@@H](CCC(=O)O)C(=O)O. The van der Waals surface area contributed by atoms with E-state index in [0.717, 1.165) is 11.1 Å². The van der Waals surface area contributed by atoms with Gasteiger partial charge in [-0.3, -0.25) is 14.4 Å². The maximum atomic E-state index is 12.4. The number of carboxylic acids is 2. The molecule has 0 saturated carbocycles. The molecular weight excluding hydrogens is 531 g/mol. The summed E-state index contributed by atoms with van der Waals surface area (Å²) in [5.41, 5.74) is 2.24. The molecule has 0 saturated heterocycles. The van der Waals surface area contributed by atoms with Gasteiger partial charge in [0.25, 0.3) is 12.4 Å². The lowest BCUT2D eigenvalue weighted by molar-refractivity contribution is -0.154. The van der Waals surface area contributed by atoms with E-state index in [1.54, 1.807) is 36.4 Å². The fourth-order valence-electron chi connectivity index (χ4n) is 3.49. The summed E-state index contributed by atoms with van der Waals surface area (Å²) in [6.07, 6.45) is -2.37. The molecule has 4 N–H and O–H groups in total. The number of hydrogen-bond acceptors (Lipinski definition) is 8. The molecule has 0 fully saturated rings. The first-order valence-corrected chi connectivity index (χ1v) is 12.4. The Morgan fingerprint density at radius 3 is 2.15 bits per heavy atom. The van der Waals surface area contributed by atoms with Gasteiger partial charge in [0.05, 0.1) is 0 Å². The van der Waals surface area contributed by atoms with Crippen LogP contribution in [0.3, 0.4) is 0 Å². The number of carbonyl (C=O) groups is 5. The summed E-state index contributed by atoms with van der Waals surface area (Å²) in [4.78, 5) is 57.0. The molecule has 2 aromatic carbocycles. The minimum atomic E-state index is -1.49. The lowest BCUT2D eigenvalue weighted by Gasteiger charge is -2.18. The number of hydrogen-bond donors (Lipinski definition) is 4. The number of halogens is 1. The number of ether oxygens (including phenoxy) is 3. The highest BCUT2D eigenvalue weighted by Crippen LogP contribution is 2.23. The lowest BCUT2D eigenvalue weighted by Crippen LogP contribution is -2.42. The Balaban J connectivity index is 1.75. The number of carboxylic acid groups (broad SMARTS) is 2. The highest BCUT2D eigenvalue weighted by Gasteiger charge is 2.24. The molecule has 0 aliphatic heterocycles. The second kappa shape index (κ2) is 17.0. The third-order valence-corrected chi connectivity index (χ3v) is 5.52. The molecule has 216 valence electrons. The van der Waals surface area contributed by atoms with E-state index in [4.69, 9.17) is 24.4 Å². The zero-order chi connectivity index (χ0) is 29.3. The number of amides is 2. The number of alkyl carbamates (subject to hydrolysis) is 1. The Hall–Kier alpha value is -4.68. The average Bonchev–Trinajstić information content (AvgIpc) is 2.94. The number of alkyl halides is 1. The Morgan fingerprint density at radius 1 is 0.925 bits per heavy atom. The van der Waals surface area contributed by atoms with Gasteiger partial charge in [0.1, 0.15) is 25.1 Å². The maximum absolute atomic E-state index is 12.4. The number of aliphatic carboxylic acids is 2. The third-order valence-electron chi connectivity index (χ3n) is 5.52. The molecule has 0 bridgehead atoms. The molecule has 0 heterocycles. The van der Waals surface area contributed by atoms with Crippen molar-refractivity contribution in [3.8, 4) is 16.9 Å². The first-order valence-electron chi connectivity index (χ1n) is 12.4. The normalized spacial score (nSPS) is 11.9. The molecular formula is C27H31FN2O10. The third kappa shape index (κ3) is 11.4. The van der Waals surface area contributed by atoms with E-state index >= 15 is 0 Å². The summed E-state index contributed by atoms with van der Waals surface area (Å²) in [6.45, 7) is -0.203. The van der Waals surface area contributed by atoms with Crippen LogP contribution in [0.4, 0.5) is 9.18 Å². The van der Waals surface area contributed by atoms with Crippen LogP contribution >= 0.6 is 0 Å². The van der Waals surface area contributed by atoms with Crippen LogP contribution < -0.4 is 15.4 Å². The summed E-state index contributed by atoms with van der Waals surface area (Å²) < 4.78 is 27.1. The van der Waals surface area contributed by atoms with Crippen LogP contribution in [0.2, 0.25) is 0 Å². The van der Waals surface area contributed by atoms with Gasteiger partial charge in [-0.25, -0.2) is 14.0 Å². The van der Waals surface area contributed by atoms with Crippen molar-refractivity contribution in [1.29, 1.82) is 0 Å². The molecule has 0 radical (unpaired) electrons. The summed E-state index contributed by atoms with van der Waals surface area (Å²) >= 11 is 0. The van der Waals surface area contributed by atoms with Gasteiger partial charge in [-0.15, -0.1) is 0 Å². The standard InChI is InChI=1S/C27H31FN2O10/c28-14-16-38-21-10-8-19(9-11-21)18-4-6-20(7-5-18)25(34)29-15-2-1-3-24(39-17-31)40-27(37)30-22(26(35)36)12-13-23(32)33/h4-11,17,22,24H,1-3,12-16H2,(H,29,34)(H,30,37)(H,32,33)(H,35,36)/t22-,24-/m0/s1. The smallest absolute Gasteiger partial charge is 0.410 e. The van der Waals surface area contributed by atoms with Crippen LogP contribution in [0.25, 0.3) is 11.1 Å². The van der Waals surface area contributed by atoms with Gasteiger partial charge in [-0.2, -0.15) is 0 Å². The lowest BCUT2D eigenvalue weighted by atomic mass is 10.0. The predicted octanol–water partition coefficient (Wildman–Crippen LogP) is 3.15. The highest BCUT2D eigenvalue weighted by atomic mass is 19.1. The van der Waals surface area contributed by atoms with Gasteiger partial charge in [-0.05, 0) is 54.7 Å². The number of unbranched alkanes of at least 4 members (excludes halogenated alkanes) is 1. The van der Waals surface area contributed by atoms with Gasteiger partial charge in [-0.1, -0.05) is 24.3 Å². The zero-order valence-corrected chi connectivity index (χ0v) is 21.5. The van der Waals surface area contributed by atoms with E-state index in [1.165, 1.54) is 0 Å². The maximum Gasteiger partial charge on any atom is 0.410 e. The number of carbonyl (C=O) groups excluding carboxylic acids is 3. The Labute approximate surface area is 229 Å². The van der Waals surface area contributed by atoms with Crippen molar-refractivity contribution < 1.29 is 52.8 Å². The quantitative estimate of drug-likeness (QED) is 0.120. The van der Waals surface area contributed by atoms with E-state index in [1.807, 2.05) is 17.4 Å². The molecule has 0 unspecified atom stereocenters. The topological polar surface area (TPSA) is 178 Å². The second-order valence-electron chi connectivity index (χ2n) is 8.43. The fourth-order valence-corrected chi connectivity index (χ4v) is 3.49. The molecule has 0 aliphatic carbocycles. The van der Waals surface area contributed by atoms with Crippen molar-refractivity contribution in [2.24, 2.45) is 0 Å². The molecule has 2 atom stereocenters. The van der Waals surface area contributed by atoms with Crippen LogP contribution in [0.5, 0.6) is 5.75 Å². The minimum absolute atomic E-state index is 0.00620. The van der Waals surface area contributed by atoms with E-state index < -0.39 is 43.5 Å². The summed E-state index contributed by atoms with van der Waals surface area (Å²) in [7, 11) is 0. The molecule has 12 nitrogen and oxygen atoms in total. The Morgan fingerprint density at radius 2 is 1.57 bits per heavy atom. The van der Waals surface area contributed by atoms with Crippen LogP contribution in [0.15, 0.2) is 48.5 Å². The van der Waals surface area contributed by atoms with Gasteiger partial charge < -0.3 is 35.1 Å². The predicted molar refractivity (Wildman–Crippen MR) is 138 cm³/mol. The fraction of sp³-hybridized carbons (Fsp3) is 0.370. The van der Waals surface area contributed by atoms with Gasteiger partial charge in [0, 0.05) is 24.9 Å². The molecule has 0 spiro atoms. The van der Waals surface area contributed by atoms with Gasteiger partial charge >= 0.3 is 18.0 Å². The largest absolute Gasteiger partial charge is 0.491 e. The summed E-state index contributed by atoms with van der Waals surface area (Å²) in [6, 6.07) is 12.6. The first-order chi connectivity index (χ1) is 19.2. The van der Waals surface area contributed by atoms with Crippen molar-refractivity contribution in [3.63, 3.8) is 0 Å². The van der Waals surface area contributed by atoms with Crippen molar-refractivity contribution >= 4 is 30.4 Å². The van der Waals surface area contributed by atoms with Crippen LogP contribution in [-0.2, 0) is 23.9 Å². The van der Waals surface area contributed by atoms with Gasteiger partial charge in [0.2, 0.25) is 6.29 Å². The molecule has 13 heteroatoms. The molecule has 2 aromatic rings. The van der Waals surface area contributed by atoms with Crippen molar-refractivity contribution in [1.82, 2.24) is 10.6 Å². The van der Waals surface area contributed by atoms with Crippen LogP contribution in [0.1, 0.15) is 42.5 Å². The minimum Gasteiger partial charge on any atom is -0.491 e. The Kier molecular flexibility index (Phi) is 13.4. The highest BCUT2D eigenvalue weighted by molar-refractivity contribution is 5.94. The summed E-state index contributed by atoms with van der Waals surface area (Å²) in [5.74, 6) is -2.39. The number of benzene rings is 2. The first kappa shape index (κ1) is 31.5. The van der Waals surface area contributed by atoms with Crippen molar-refractivity contribution in [2.45, 2.75) is 44.4 Å². The van der Waals surface area contributed by atoms with Crippen molar-refractivity contribution in [3.05, 3.63) is 54.1 Å². The van der Waals surface area contributed by atoms with E-state index in [9.17, 15) is 28.4 Å². The molecule has 0 aliphatic rings. The van der Waals surface area contributed by atoms with Crippen molar-refractivity contribution in [2.75, 3.05) is 19.8 Å². The van der Waals surface area contributed by atoms with Gasteiger partial charge in [0.15, 0.2) is 0 Å². The van der Waals surface area contributed by atoms with E-state index in [0.29, 0.717) is 24.2 Å². The average molecular weight is 563 g/mol. The second-order valence-corrected chi connectivity index (χ2v) is 8.43.